The number of aliphatic hydroxyl groups is 1. The number of rotatable bonds is 11. The second kappa shape index (κ2) is 13.2. The summed E-state index contributed by atoms with van der Waals surface area (Å²) in [5.41, 5.74) is 0.713. The summed E-state index contributed by atoms with van der Waals surface area (Å²) in [6.07, 6.45) is 1.43. The van der Waals surface area contributed by atoms with E-state index in [0.717, 1.165) is 12.0 Å². The monoisotopic (exact) mass is 505 g/mol. The Morgan fingerprint density at radius 1 is 1.19 bits per heavy atom. The van der Waals surface area contributed by atoms with Crippen molar-refractivity contribution in [2.24, 2.45) is 0 Å². The van der Waals surface area contributed by atoms with Gasteiger partial charge in [-0.05, 0) is 59.4 Å². The molecule has 0 heterocycles. The third-order valence-corrected chi connectivity index (χ3v) is 5.71. The summed E-state index contributed by atoms with van der Waals surface area (Å²) in [5, 5.41) is 15.2. The van der Waals surface area contributed by atoms with E-state index in [1.54, 1.807) is 39.8 Å². The second-order valence-electron chi connectivity index (χ2n) is 9.87. The molecule has 1 fully saturated rings. The van der Waals surface area contributed by atoms with Crippen molar-refractivity contribution < 1.29 is 33.8 Å². The first kappa shape index (κ1) is 29.1. The molecule has 3 amide bonds. The highest BCUT2D eigenvalue weighted by Crippen LogP contribution is 2.34. The zero-order chi connectivity index (χ0) is 26.9. The molecule has 10 nitrogen and oxygen atoms in total. The van der Waals surface area contributed by atoms with E-state index >= 15 is 0 Å². The van der Waals surface area contributed by atoms with E-state index in [-0.39, 0.29) is 25.6 Å². The van der Waals surface area contributed by atoms with Crippen molar-refractivity contribution in [3.05, 3.63) is 35.4 Å². The Labute approximate surface area is 212 Å². The fourth-order valence-corrected chi connectivity index (χ4v) is 3.89. The zero-order valence-corrected chi connectivity index (χ0v) is 21.8. The standard InChI is InChI=1S/C26H39N3O7/c1-6-35-21(31)13-14-27-23(32)22(18-10-7-9-17(2)15-18)29(19-11-8-12-19)24(33)20(16-30)28-25(34)36-26(3,4)5/h7,9-10,15,19-20,22,30H,6,8,11-14,16H2,1-5H3,(H,27,32)(H,28,34). The van der Waals surface area contributed by atoms with E-state index in [1.165, 1.54) is 4.90 Å². The Kier molecular flexibility index (Phi) is 10.7. The Bertz CT molecular complexity index is 924. The predicted molar refractivity (Wildman–Crippen MR) is 133 cm³/mol. The van der Waals surface area contributed by atoms with Gasteiger partial charge in [-0.2, -0.15) is 0 Å². The highest BCUT2D eigenvalue weighted by molar-refractivity contribution is 5.92. The molecule has 1 aromatic rings. The Morgan fingerprint density at radius 3 is 2.42 bits per heavy atom. The number of benzene rings is 1. The van der Waals surface area contributed by atoms with Gasteiger partial charge < -0.3 is 30.1 Å². The van der Waals surface area contributed by atoms with Crippen molar-refractivity contribution in [1.29, 1.82) is 0 Å². The highest BCUT2D eigenvalue weighted by Gasteiger charge is 2.41. The number of hydrogen-bond acceptors (Lipinski definition) is 7. The lowest BCUT2D eigenvalue weighted by Crippen LogP contribution is -2.58. The molecule has 200 valence electrons. The summed E-state index contributed by atoms with van der Waals surface area (Å²) in [6.45, 7) is 8.30. The second-order valence-corrected chi connectivity index (χ2v) is 9.87. The van der Waals surface area contributed by atoms with Crippen molar-refractivity contribution in [2.75, 3.05) is 19.8 Å². The summed E-state index contributed by atoms with van der Waals surface area (Å²) >= 11 is 0. The Morgan fingerprint density at radius 2 is 1.89 bits per heavy atom. The molecule has 2 rings (SSSR count). The van der Waals surface area contributed by atoms with E-state index in [2.05, 4.69) is 10.6 Å². The van der Waals surface area contributed by atoms with Crippen molar-refractivity contribution in [1.82, 2.24) is 15.5 Å². The van der Waals surface area contributed by atoms with Gasteiger partial charge in [-0.3, -0.25) is 14.4 Å². The van der Waals surface area contributed by atoms with Gasteiger partial charge in [-0.25, -0.2) is 4.79 Å². The number of hydrogen-bond donors (Lipinski definition) is 3. The van der Waals surface area contributed by atoms with Gasteiger partial charge in [0.2, 0.25) is 11.8 Å². The quantitative estimate of drug-likeness (QED) is 0.393. The van der Waals surface area contributed by atoms with Gasteiger partial charge in [-0.15, -0.1) is 0 Å². The molecule has 10 heteroatoms. The van der Waals surface area contributed by atoms with Gasteiger partial charge in [0.1, 0.15) is 17.7 Å². The highest BCUT2D eigenvalue weighted by atomic mass is 16.6. The lowest BCUT2D eigenvalue weighted by Gasteiger charge is -2.43. The molecule has 2 atom stereocenters. The van der Waals surface area contributed by atoms with Crippen LogP contribution < -0.4 is 10.6 Å². The number of carbonyl (C=O) groups is 4. The number of carbonyl (C=O) groups excluding carboxylic acids is 4. The summed E-state index contributed by atoms with van der Waals surface area (Å²) < 4.78 is 10.2. The summed E-state index contributed by atoms with van der Waals surface area (Å²) in [7, 11) is 0. The largest absolute Gasteiger partial charge is 0.466 e. The first-order valence-corrected chi connectivity index (χ1v) is 12.4. The van der Waals surface area contributed by atoms with Crippen LogP contribution in [0, 0.1) is 6.92 Å². The van der Waals surface area contributed by atoms with Gasteiger partial charge in [0, 0.05) is 12.6 Å². The number of esters is 1. The minimum absolute atomic E-state index is 0.00302. The SMILES string of the molecule is CCOC(=O)CCNC(=O)C(c1cccc(C)c1)N(C(=O)C(CO)NC(=O)OC(C)(C)C)C1CCC1. The molecule has 0 bridgehead atoms. The number of alkyl carbamates (subject to hydrolysis) is 1. The normalized spacial score (nSPS) is 15.2. The van der Waals surface area contributed by atoms with Gasteiger partial charge >= 0.3 is 12.1 Å². The smallest absolute Gasteiger partial charge is 0.408 e. The fraction of sp³-hybridized carbons (Fsp3) is 0.615. The van der Waals surface area contributed by atoms with Crippen LogP contribution in [0.5, 0.6) is 0 Å². The topological polar surface area (TPSA) is 134 Å². The molecule has 0 aromatic heterocycles. The molecule has 0 aliphatic heterocycles. The maximum Gasteiger partial charge on any atom is 0.408 e. The Hall–Kier alpha value is -3.14. The number of nitrogens with zero attached hydrogens (tertiary/aromatic N) is 1. The average Bonchev–Trinajstić information content (AvgIpc) is 2.74. The number of ether oxygens (including phenoxy) is 2. The van der Waals surface area contributed by atoms with Crippen LogP contribution in [0.25, 0.3) is 0 Å². The van der Waals surface area contributed by atoms with Crippen LogP contribution in [-0.4, -0.2) is 71.3 Å². The van der Waals surface area contributed by atoms with Gasteiger partial charge in [-0.1, -0.05) is 29.8 Å². The van der Waals surface area contributed by atoms with Gasteiger partial charge in [0.15, 0.2) is 0 Å². The number of aliphatic hydroxyl groups excluding tert-OH is 1. The van der Waals surface area contributed by atoms with Crippen molar-refractivity contribution in [2.45, 2.75) is 84.0 Å². The van der Waals surface area contributed by atoms with Crippen LogP contribution in [-0.2, 0) is 23.9 Å². The number of amides is 3. The lowest BCUT2D eigenvalue weighted by molar-refractivity contribution is -0.148. The van der Waals surface area contributed by atoms with Crippen molar-refractivity contribution >= 4 is 23.9 Å². The molecule has 1 aliphatic rings. The predicted octanol–water partition coefficient (Wildman–Crippen LogP) is 2.37. The van der Waals surface area contributed by atoms with Crippen LogP contribution in [0.1, 0.15) is 70.5 Å². The zero-order valence-electron chi connectivity index (χ0n) is 21.8. The third-order valence-electron chi connectivity index (χ3n) is 5.71. The van der Waals surface area contributed by atoms with E-state index in [4.69, 9.17) is 9.47 Å². The van der Waals surface area contributed by atoms with Crippen LogP contribution in [0.15, 0.2) is 24.3 Å². The molecule has 2 unspecified atom stereocenters. The minimum atomic E-state index is -1.29. The third kappa shape index (κ3) is 8.51. The van der Waals surface area contributed by atoms with Crippen LogP contribution >= 0.6 is 0 Å². The van der Waals surface area contributed by atoms with Crippen LogP contribution in [0.2, 0.25) is 0 Å². The molecule has 0 saturated heterocycles. The molecular formula is C26H39N3O7. The van der Waals surface area contributed by atoms with Crippen molar-refractivity contribution in [3.8, 4) is 0 Å². The Balaban J connectivity index is 2.34. The number of aryl methyl sites for hydroxylation is 1. The lowest BCUT2D eigenvalue weighted by atomic mass is 9.88. The summed E-state index contributed by atoms with van der Waals surface area (Å²) in [5.74, 6) is -1.47. The molecule has 0 spiro atoms. The van der Waals surface area contributed by atoms with E-state index < -0.39 is 48.2 Å². The molecule has 1 aromatic carbocycles. The van der Waals surface area contributed by atoms with Crippen LogP contribution in [0.3, 0.4) is 0 Å². The maximum atomic E-state index is 13.7. The molecule has 1 saturated carbocycles. The molecular weight excluding hydrogens is 466 g/mol. The first-order chi connectivity index (χ1) is 17.0. The molecule has 36 heavy (non-hydrogen) atoms. The van der Waals surface area contributed by atoms with Crippen LogP contribution in [0.4, 0.5) is 4.79 Å². The van der Waals surface area contributed by atoms with Crippen molar-refractivity contribution in [3.63, 3.8) is 0 Å². The molecule has 1 aliphatic carbocycles. The first-order valence-electron chi connectivity index (χ1n) is 12.4. The number of nitrogens with one attached hydrogen (secondary N) is 2. The summed E-state index contributed by atoms with van der Waals surface area (Å²) in [4.78, 5) is 52.7. The summed E-state index contributed by atoms with van der Waals surface area (Å²) in [6, 6.07) is 4.72. The average molecular weight is 506 g/mol. The molecule has 3 N–H and O–H groups in total. The molecule has 0 radical (unpaired) electrons. The van der Waals surface area contributed by atoms with E-state index in [1.807, 2.05) is 19.1 Å². The maximum absolute atomic E-state index is 13.7. The minimum Gasteiger partial charge on any atom is -0.466 e. The van der Waals surface area contributed by atoms with Gasteiger partial charge in [0.25, 0.3) is 0 Å². The van der Waals surface area contributed by atoms with E-state index in [9.17, 15) is 24.3 Å². The fourth-order valence-electron chi connectivity index (χ4n) is 3.89. The van der Waals surface area contributed by atoms with E-state index in [0.29, 0.717) is 18.4 Å². The van der Waals surface area contributed by atoms with Gasteiger partial charge in [0.05, 0.1) is 19.6 Å².